The van der Waals surface area contributed by atoms with Crippen molar-refractivity contribution in [2.24, 2.45) is 52.3 Å². The van der Waals surface area contributed by atoms with E-state index in [1.807, 2.05) is 0 Å². The molecule has 6 rings (SSSR count). The molecule has 2 saturated heterocycles. The summed E-state index contributed by atoms with van der Waals surface area (Å²) in [5.41, 5.74) is 2.56. The highest BCUT2D eigenvalue weighted by atomic mass is 16.7. The second-order valence-corrected chi connectivity index (χ2v) is 14.7. The Morgan fingerprint density at radius 1 is 1.06 bits per heavy atom. The Morgan fingerprint density at radius 2 is 1.89 bits per heavy atom. The highest BCUT2D eigenvalue weighted by Gasteiger charge is 2.68. The van der Waals surface area contributed by atoms with Gasteiger partial charge in [0.1, 0.15) is 0 Å². The maximum Gasteiger partial charge on any atom is 0.171 e. The molecule has 0 radical (unpaired) electrons. The SMILES string of the molecule is CC(C)CCO[C@H]1CC[C@@]2(C)C(=CC[C@H]3[C@@H]4C[C@@H]5O[C@]6(CC[C@@H](C)CO6)[C@@H](C)[C@@H]5[C@@]4(C)CC[C@@H]32)C1. The van der Waals surface area contributed by atoms with Crippen LogP contribution in [0.3, 0.4) is 0 Å². The van der Waals surface area contributed by atoms with Gasteiger partial charge in [-0.1, -0.05) is 53.2 Å². The molecule has 2 aliphatic heterocycles. The minimum Gasteiger partial charge on any atom is -0.378 e. The molecule has 4 aliphatic carbocycles. The first-order chi connectivity index (χ1) is 16.7. The topological polar surface area (TPSA) is 27.7 Å². The smallest absolute Gasteiger partial charge is 0.171 e. The van der Waals surface area contributed by atoms with Crippen molar-refractivity contribution in [3.63, 3.8) is 0 Å². The molecule has 5 fully saturated rings. The fourth-order valence-corrected chi connectivity index (χ4v) is 10.3. The number of fused-ring (bicyclic) bond motifs is 7. The highest BCUT2D eigenvalue weighted by Crippen LogP contribution is 2.70. The molecule has 3 saturated carbocycles. The normalized spacial score (nSPS) is 53.2. The summed E-state index contributed by atoms with van der Waals surface area (Å²) < 4.78 is 19.8. The fourth-order valence-electron chi connectivity index (χ4n) is 10.3. The van der Waals surface area contributed by atoms with Crippen LogP contribution in [0.15, 0.2) is 11.6 Å². The standard InChI is InChI=1S/C32H52O3/c1-20(2)12-16-33-24-10-13-30(5)23(17-24)7-8-25-26(30)11-14-31(6)27(25)18-28-29(31)22(4)32(35-28)15-9-21(3)19-34-32/h7,20-22,24-29H,8-19H2,1-6H3/t21-,22+,24+,25-,26+,27+,28+,29+,30+,31+,32-/m1/s1. The van der Waals surface area contributed by atoms with Crippen molar-refractivity contribution in [1.29, 1.82) is 0 Å². The molecule has 198 valence electrons. The minimum atomic E-state index is -0.285. The molecule has 3 nitrogen and oxygen atoms in total. The van der Waals surface area contributed by atoms with Gasteiger partial charge in [-0.15, -0.1) is 0 Å². The summed E-state index contributed by atoms with van der Waals surface area (Å²) in [6.07, 6.45) is 16.2. The van der Waals surface area contributed by atoms with E-state index in [9.17, 15) is 0 Å². The zero-order valence-electron chi connectivity index (χ0n) is 23.5. The van der Waals surface area contributed by atoms with Gasteiger partial charge in [0.05, 0.1) is 18.8 Å². The van der Waals surface area contributed by atoms with Crippen LogP contribution >= 0.6 is 0 Å². The summed E-state index contributed by atoms with van der Waals surface area (Å²) in [5.74, 6) is 4.82. The summed E-state index contributed by atoms with van der Waals surface area (Å²) in [7, 11) is 0. The van der Waals surface area contributed by atoms with Crippen molar-refractivity contribution in [3.05, 3.63) is 11.6 Å². The third-order valence-corrected chi connectivity index (χ3v) is 12.4. The molecule has 0 aromatic heterocycles. The molecule has 35 heavy (non-hydrogen) atoms. The first kappa shape index (κ1) is 24.9. The van der Waals surface area contributed by atoms with Crippen LogP contribution in [0.25, 0.3) is 0 Å². The van der Waals surface area contributed by atoms with Crippen molar-refractivity contribution < 1.29 is 14.2 Å². The Balaban J connectivity index is 1.18. The lowest BCUT2D eigenvalue weighted by Crippen LogP contribution is -2.52. The Bertz CT molecular complexity index is 825. The van der Waals surface area contributed by atoms with E-state index in [2.05, 4.69) is 47.6 Å². The largest absolute Gasteiger partial charge is 0.378 e. The van der Waals surface area contributed by atoms with Crippen LogP contribution in [0.2, 0.25) is 0 Å². The third kappa shape index (κ3) is 3.84. The number of ether oxygens (including phenoxy) is 3. The predicted octanol–water partition coefficient (Wildman–Crippen LogP) is 7.78. The molecule has 3 heteroatoms. The van der Waals surface area contributed by atoms with Crippen LogP contribution in [0, 0.1) is 52.3 Å². The number of hydrogen-bond donors (Lipinski definition) is 0. The van der Waals surface area contributed by atoms with Gasteiger partial charge in [-0.25, -0.2) is 0 Å². The van der Waals surface area contributed by atoms with E-state index < -0.39 is 0 Å². The zero-order valence-corrected chi connectivity index (χ0v) is 23.5. The van der Waals surface area contributed by atoms with E-state index in [1.54, 1.807) is 5.57 Å². The van der Waals surface area contributed by atoms with Crippen LogP contribution in [0.4, 0.5) is 0 Å². The van der Waals surface area contributed by atoms with E-state index in [0.717, 1.165) is 43.3 Å². The van der Waals surface area contributed by atoms with Gasteiger partial charge in [0.25, 0.3) is 0 Å². The van der Waals surface area contributed by atoms with Crippen molar-refractivity contribution in [3.8, 4) is 0 Å². The van der Waals surface area contributed by atoms with Crippen LogP contribution in [0.1, 0.15) is 106 Å². The summed E-state index contributed by atoms with van der Waals surface area (Å²) in [6, 6.07) is 0. The van der Waals surface area contributed by atoms with Gasteiger partial charge in [-0.3, -0.25) is 0 Å². The second-order valence-electron chi connectivity index (χ2n) is 14.7. The average molecular weight is 485 g/mol. The van der Waals surface area contributed by atoms with Gasteiger partial charge in [0, 0.05) is 18.9 Å². The van der Waals surface area contributed by atoms with Crippen molar-refractivity contribution in [1.82, 2.24) is 0 Å². The van der Waals surface area contributed by atoms with Crippen LogP contribution in [0.5, 0.6) is 0 Å². The monoisotopic (exact) mass is 484 g/mol. The highest BCUT2D eigenvalue weighted by molar-refractivity contribution is 5.26. The molecule has 0 aromatic rings. The number of hydrogen-bond acceptors (Lipinski definition) is 3. The van der Waals surface area contributed by atoms with E-state index in [0.29, 0.717) is 40.8 Å². The Kier molecular flexibility index (Phi) is 6.30. The van der Waals surface area contributed by atoms with E-state index in [4.69, 9.17) is 14.2 Å². The minimum absolute atomic E-state index is 0.285. The fraction of sp³-hybridized carbons (Fsp3) is 0.938. The Hall–Kier alpha value is -0.380. The lowest BCUT2D eigenvalue weighted by Gasteiger charge is -2.58. The maximum atomic E-state index is 6.96. The number of rotatable bonds is 4. The van der Waals surface area contributed by atoms with Gasteiger partial charge in [0.15, 0.2) is 5.79 Å². The summed E-state index contributed by atoms with van der Waals surface area (Å²) in [5, 5.41) is 0. The second kappa shape index (κ2) is 8.84. The molecule has 0 unspecified atom stereocenters. The third-order valence-electron chi connectivity index (χ3n) is 12.4. The average Bonchev–Trinajstić information content (AvgIpc) is 3.26. The van der Waals surface area contributed by atoms with Crippen LogP contribution < -0.4 is 0 Å². The molecule has 1 spiro atoms. The molecule has 6 aliphatic rings. The Labute approximate surface area is 215 Å². The Morgan fingerprint density at radius 3 is 2.63 bits per heavy atom. The molecule has 0 bridgehead atoms. The van der Waals surface area contributed by atoms with Crippen LogP contribution in [-0.2, 0) is 14.2 Å². The van der Waals surface area contributed by atoms with Gasteiger partial charge in [-0.05, 0) is 104 Å². The molecule has 0 N–H and O–H groups in total. The summed E-state index contributed by atoms with van der Waals surface area (Å²) in [4.78, 5) is 0. The van der Waals surface area contributed by atoms with Gasteiger partial charge in [0.2, 0.25) is 0 Å². The molecule has 11 atom stereocenters. The van der Waals surface area contributed by atoms with Gasteiger partial charge >= 0.3 is 0 Å². The first-order valence-electron chi connectivity index (χ1n) is 15.3. The zero-order chi connectivity index (χ0) is 24.6. The van der Waals surface area contributed by atoms with E-state index in [-0.39, 0.29) is 5.79 Å². The molecule has 0 aromatic carbocycles. The predicted molar refractivity (Wildman–Crippen MR) is 141 cm³/mol. The number of allylic oxidation sites excluding steroid dienone is 1. The van der Waals surface area contributed by atoms with Crippen LogP contribution in [-0.4, -0.2) is 31.2 Å². The van der Waals surface area contributed by atoms with Gasteiger partial charge < -0.3 is 14.2 Å². The summed E-state index contributed by atoms with van der Waals surface area (Å²) in [6.45, 7) is 16.5. The lowest BCUT2D eigenvalue weighted by atomic mass is 9.47. The van der Waals surface area contributed by atoms with Crippen molar-refractivity contribution in [2.45, 2.75) is 124 Å². The first-order valence-corrected chi connectivity index (χ1v) is 15.3. The van der Waals surface area contributed by atoms with Gasteiger partial charge in [-0.2, -0.15) is 0 Å². The molecule has 2 heterocycles. The lowest BCUT2D eigenvalue weighted by molar-refractivity contribution is -0.272. The van der Waals surface area contributed by atoms with E-state index >= 15 is 0 Å². The van der Waals surface area contributed by atoms with Crippen molar-refractivity contribution >= 4 is 0 Å². The van der Waals surface area contributed by atoms with E-state index in [1.165, 1.54) is 57.8 Å². The summed E-state index contributed by atoms with van der Waals surface area (Å²) >= 11 is 0. The van der Waals surface area contributed by atoms with Crippen molar-refractivity contribution in [2.75, 3.05) is 13.2 Å². The molecular weight excluding hydrogens is 432 g/mol. The quantitative estimate of drug-likeness (QED) is 0.381. The molecule has 0 amide bonds. The maximum absolute atomic E-state index is 6.96. The molecular formula is C32H52O3.